The molecule has 2 heterocycles. The Morgan fingerprint density at radius 1 is 1.00 bits per heavy atom. The summed E-state index contributed by atoms with van der Waals surface area (Å²) in [5.41, 5.74) is 1.53. The number of nitrogens with zero attached hydrogens (tertiary/aromatic N) is 2. The van der Waals surface area contributed by atoms with Crippen molar-refractivity contribution >= 4 is 11.7 Å². The van der Waals surface area contributed by atoms with Gasteiger partial charge in [-0.05, 0) is 36.2 Å². The van der Waals surface area contributed by atoms with Gasteiger partial charge in [-0.15, -0.1) is 10.2 Å². The van der Waals surface area contributed by atoms with Crippen LogP contribution in [0.25, 0.3) is 0 Å². The van der Waals surface area contributed by atoms with E-state index in [1.54, 1.807) is 30.5 Å². The molecule has 0 spiro atoms. The lowest BCUT2D eigenvalue weighted by Gasteiger charge is -2.06. The highest BCUT2D eigenvalue weighted by atomic mass is 16.3. The highest BCUT2D eigenvalue weighted by molar-refractivity contribution is 5.92. The van der Waals surface area contributed by atoms with Gasteiger partial charge in [0.05, 0.1) is 12.8 Å². The molecule has 3 aromatic rings. The molecule has 0 atom stereocenters. The molecule has 122 valence electrons. The number of nitrogens with one attached hydrogen (secondary N) is 2. The van der Waals surface area contributed by atoms with Crippen LogP contribution in [0.2, 0.25) is 0 Å². The van der Waals surface area contributed by atoms with Gasteiger partial charge in [0, 0.05) is 6.54 Å². The Balaban J connectivity index is 1.46. The Hall–Kier alpha value is -3.15. The van der Waals surface area contributed by atoms with E-state index < -0.39 is 0 Å². The second-order valence-electron chi connectivity index (χ2n) is 5.23. The van der Waals surface area contributed by atoms with Crippen LogP contribution in [0.3, 0.4) is 0 Å². The van der Waals surface area contributed by atoms with Gasteiger partial charge < -0.3 is 15.1 Å². The molecule has 1 amide bonds. The van der Waals surface area contributed by atoms with Gasteiger partial charge >= 0.3 is 0 Å². The first-order chi connectivity index (χ1) is 11.8. The zero-order chi connectivity index (χ0) is 16.6. The molecule has 0 radical (unpaired) electrons. The van der Waals surface area contributed by atoms with Crippen LogP contribution >= 0.6 is 0 Å². The third-order valence-corrected chi connectivity index (χ3v) is 3.46. The summed E-state index contributed by atoms with van der Waals surface area (Å²) in [6, 6.07) is 17.2. The Morgan fingerprint density at radius 2 is 1.88 bits per heavy atom. The minimum absolute atomic E-state index is 0.273. The monoisotopic (exact) mass is 322 g/mol. The number of hydrogen-bond acceptors (Lipinski definition) is 5. The molecule has 0 saturated carbocycles. The highest BCUT2D eigenvalue weighted by Crippen LogP contribution is 2.05. The molecule has 24 heavy (non-hydrogen) atoms. The quantitative estimate of drug-likeness (QED) is 0.699. The first-order valence-corrected chi connectivity index (χ1v) is 7.73. The molecule has 2 N–H and O–H groups in total. The minimum Gasteiger partial charge on any atom is -0.467 e. The molecule has 6 heteroatoms. The second kappa shape index (κ2) is 7.92. The summed E-state index contributed by atoms with van der Waals surface area (Å²) in [5, 5.41) is 13.9. The predicted octanol–water partition coefficient (Wildman–Crippen LogP) is 2.65. The normalized spacial score (nSPS) is 10.3. The number of rotatable bonds is 7. The lowest BCUT2D eigenvalue weighted by atomic mass is 10.1. The van der Waals surface area contributed by atoms with Crippen LogP contribution in [-0.2, 0) is 13.0 Å². The second-order valence-corrected chi connectivity index (χ2v) is 5.23. The summed E-state index contributed by atoms with van der Waals surface area (Å²) < 4.78 is 5.16. The van der Waals surface area contributed by atoms with Crippen LogP contribution in [-0.4, -0.2) is 22.6 Å². The predicted molar refractivity (Wildman–Crippen MR) is 90.5 cm³/mol. The van der Waals surface area contributed by atoms with Crippen LogP contribution < -0.4 is 10.6 Å². The molecule has 0 saturated heterocycles. The molecule has 0 bridgehead atoms. The number of benzene rings is 1. The van der Waals surface area contributed by atoms with Gasteiger partial charge in [0.1, 0.15) is 11.6 Å². The molecular weight excluding hydrogens is 304 g/mol. The van der Waals surface area contributed by atoms with Crippen molar-refractivity contribution in [1.29, 1.82) is 0 Å². The van der Waals surface area contributed by atoms with E-state index in [-0.39, 0.29) is 11.6 Å². The summed E-state index contributed by atoms with van der Waals surface area (Å²) in [6.45, 7) is 1.08. The Bertz CT molecular complexity index is 755. The topological polar surface area (TPSA) is 80.0 Å². The summed E-state index contributed by atoms with van der Waals surface area (Å²) >= 11 is 0. The van der Waals surface area contributed by atoms with Crippen LogP contribution in [0, 0.1) is 0 Å². The smallest absolute Gasteiger partial charge is 0.272 e. The minimum atomic E-state index is -0.283. The Labute approximate surface area is 139 Å². The van der Waals surface area contributed by atoms with E-state index in [1.807, 2.05) is 18.2 Å². The number of hydrogen-bond donors (Lipinski definition) is 2. The SMILES string of the molecule is O=C(NCc1ccco1)c1ccc(NCCc2ccccc2)nn1. The van der Waals surface area contributed by atoms with Gasteiger partial charge in [-0.1, -0.05) is 30.3 Å². The third-order valence-electron chi connectivity index (χ3n) is 3.46. The maximum atomic E-state index is 12.0. The lowest BCUT2D eigenvalue weighted by molar-refractivity contribution is 0.0942. The molecular formula is C18H18N4O2. The first-order valence-electron chi connectivity index (χ1n) is 7.73. The van der Waals surface area contributed by atoms with Gasteiger partial charge in [-0.3, -0.25) is 4.79 Å². The number of anilines is 1. The molecule has 0 fully saturated rings. The standard InChI is InChI=1S/C18H18N4O2/c23-18(20-13-15-7-4-12-24-15)16-8-9-17(22-21-16)19-11-10-14-5-2-1-3-6-14/h1-9,12H,10-11,13H2,(H,19,22)(H,20,23). The van der Waals surface area contributed by atoms with Crippen molar-refractivity contribution in [2.24, 2.45) is 0 Å². The fourth-order valence-corrected chi connectivity index (χ4v) is 2.20. The number of aromatic nitrogens is 2. The van der Waals surface area contributed by atoms with Gasteiger partial charge in [-0.25, -0.2) is 0 Å². The average molecular weight is 322 g/mol. The molecule has 6 nitrogen and oxygen atoms in total. The van der Waals surface area contributed by atoms with Crippen molar-refractivity contribution < 1.29 is 9.21 Å². The molecule has 0 aliphatic heterocycles. The van der Waals surface area contributed by atoms with Gasteiger partial charge in [0.2, 0.25) is 0 Å². The van der Waals surface area contributed by atoms with Crippen molar-refractivity contribution in [2.75, 3.05) is 11.9 Å². The van der Waals surface area contributed by atoms with Gasteiger partial charge in [0.15, 0.2) is 5.69 Å². The molecule has 1 aromatic carbocycles. The van der Waals surface area contributed by atoms with Crippen molar-refractivity contribution in [1.82, 2.24) is 15.5 Å². The maximum Gasteiger partial charge on any atom is 0.272 e. The molecule has 3 rings (SSSR count). The van der Waals surface area contributed by atoms with E-state index in [0.29, 0.717) is 18.1 Å². The number of furan rings is 1. The molecule has 0 unspecified atom stereocenters. The van der Waals surface area contributed by atoms with Gasteiger partial charge in [0.25, 0.3) is 5.91 Å². The number of carbonyl (C=O) groups is 1. The van der Waals surface area contributed by atoms with Gasteiger partial charge in [-0.2, -0.15) is 0 Å². The van der Waals surface area contributed by atoms with Crippen molar-refractivity contribution in [3.05, 3.63) is 77.9 Å². The average Bonchev–Trinajstić information content (AvgIpc) is 3.15. The van der Waals surface area contributed by atoms with Crippen LogP contribution in [0.4, 0.5) is 5.82 Å². The summed E-state index contributed by atoms with van der Waals surface area (Å²) in [6.07, 6.45) is 2.46. The van der Waals surface area contributed by atoms with E-state index in [4.69, 9.17) is 4.42 Å². The Morgan fingerprint density at radius 3 is 2.58 bits per heavy atom. The van der Waals surface area contributed by atoms with E-state index in [2.05, 4.69) is 33.0 Å². The number of amides is 1. The summed E-state index contributed by atoms with van der Waals surface area (Å²) in [4.78, 5) is 12.0. The third kappa shape index (κ3) is 4.42. The van der Waals surface area contributed by atoms with Crippen LogP contribution in [0.5, 0.6) is 0 Å². The Kier molecular flexibility index (Phi) is 5.19. The van der Waals surface area contributed by atoms with E-state index in [9.17, 15) is 4.79 Å². The van der Waals surface area contributed by atoms with Crippen molar-refractivity contribution in [3.63, 3.8) is 0 Å². The summed E-state index contributed by atoms with van der Waals surface area (Å²) in [5.74, 6) is 1.05. The maximum absolute atomic E-state index is 12.0. The first kappa shape index (κ1) is 15.7. The van der Waals surface area contributed by atoms with Crippen LogP contribution in [0.15, 0.2) is 65.3 Å². The van der Waals surface area contributed by atoms with E-state index in [1.165, 1.54) is 5.56 Å². The lowest BCUT2D eigenvalue weighted by Crippen LogP contribution is -2.24. The molecule has 2 aromatic heterocycles. The largest absolute Gasteiger partial charge is 0.467 e. The zero-order valence-electron chi connectivity index (χ0n) is 13.1. The molecule has 0 aliphatic carbocycles. The van der Waals surface area contributed by atoms with Crippen molar-refractivity contribution in [3.8, 4) is 0 Å². The van der Waals surface area contributed by atoms with Crippen LogP contribution in [0.1, 0.15) is 21.8 Å². The highest BCUT2D eigenvalue weighted by Gasteiger charge is 2.08. The summed E-state index contributed by atoms with van der Waals surface area (Å²) in [7, 11) is 0. The fourth-order valence-electron chi connectivity index (χ4n) is 2.20. The molecule has 0 aliphatic rings. The zero-order valence-corrected chi connectivity index (χ0v) is 13.1. The van der Waals surface area contributed by atoms with Crippen molar-refractivity contribution in [2.45, 2.75) is 13.0 Å². The van der Waals surface area contributed by atoms with E-state index >= 15 is 0 Å². The number of carbonyl (C=O) groups excluding carboxylic acids is 1. The fraction of sp³-hybridized carbons (Fsp3) is 0.167. The van der Waals surface area contributed by atoms with E-state index in [0.717, 1.165) is 13.0 Å².